The maximum Gasteiger partial charge on any atom is 0.442 e. The number of benzene rings is 1. The van der Waals surface area contributed by atoms with Gasteiger partial charge in [0, 0.05) is 48.7 Å². The average Bonchev–Trinajstić information content (AvgIpc) is 4.07. The van der Waals surface area contributed by atoms with Crippen molar-refractivity contribution in [2.45, 2.75) is 142 Å². The highest BCUT2D eigenvalue weighted by Crippen LogP contribution is 2.52. The third-order valence-electron chi connectivity index (χ3n) is 12.9. The quantitative estimate of drug-likeness (QED) is 0.145. The van der Waals surface area contributed by atoms with Crippen LogP contribution < -0.4 is 0 Å². The Kier molecular flexibility index (Phi) is 18.1. The lowest BCUT2D eigenvalue weighted by Gasteiger charge is -2.43. The monoisotopic (exact) mass is 888 g/mol. The molecule has 12 nitrogen and oxygen atoms in total. The van der Waals surface area contributed by atoms with Crippen LogP contribution in [0.3, 0.4) is 0 Å². The molecule has 63 heavy (non-hydrogen) atoms. The van der Waals surface area contributed by atoms with Gasteiger partial charge in [0.2, 0.25) is 5.76 Å². The maximum atomic E-state index is 13.9. The summed E-state index contributed by atoms with van der Waals surface area (Å²) in [6, 6.07) is 4.83. The molecule has 0 radical (unpaired) electrons. The molecule has 350 valence electrons. The minimum Gasteiger partial charge on any atom is -0.490 e. The third kappa shape index (κ3) is 12.4. The Balaban J connectivity index is 1.62. The van der Waals surface area contributed by atoms with Gasteiger partial charge in [-0.1, -0.05) is 101 Å². The van der Waals surface area contributed by atoms with Crippen LogP contribution >= 0.6 is 0 Å². The number of methoxy groups -OCH3 is 2. The van der Waals surface area contributed by atoms with E-state index in [0.717, 1.165) is 17.7 Å². The molecule has 1 aromatic carbocycles. The summed E-state index contributed by atoms with van der Waals surface area (Å²) in [5, 5.41) is 41.3. The van der Waals surface area contributed by atoms with Crippen LogP contribution in [0.15, 0.2) is 93.9 Å². The van der Waals surface area contributed by atoms with Gasteiger partial charge in [-0.15, -0.1) is 10.2 Å². The number of hydrogen-bond acceptors (Lipinski definition) is 12. The molecule has 3 N–H and O–H groups in total. The van der Waals surface area contributed by atoms with E-state index in [-0.39, 0.29) is 47.0 Å². The summed E-state index contributed by atoms with van der Waals surface area (Å²) in [5.41, 5.74) is -1.18. The number of carbonyl (C=O) groups is 2. The standard InChI is InChI=1S/C48H67F3N2O10/c1-12-15-36-30(7)38(62-45(57)33-18-20-34(21-19-33)47(52-53-47)48(49,50)51)25-39(61-36)31(8)43(56)32(9)44-37(59-10)17-14-16-26(3)22-28(5)41(54)35(13-2)42(55)29(6)23-27(4)24-40(60-11)46(58)63-44/h12,14-21,23-24,28-32,35-39,41-44,54-56H,13,22,25H2,1-11H3/b15-12+,17-14+,26-16+,27-23+,40-24-/t28-,29-,30-,31-,32+,35+,36-,37+,38-,39-,41+,42-,43+,44-/m1/s1. The zero-order valence-corrected chi connectivity index (χ0v) is 38.3. The van der Waals surface area contributed by atoms with Crippen LogP contribution in [0.5, 0.6) is 0 Å². The van der Waals surface area contributed by atoms with Crippen molar-refractivity contribution in [2.24, 2.45) is 45.7 Å². The molecule has 0 amide bonds. The van der Waals surface area contributed by atoms with Gasteiger partial charge in [0.15, 0.2) is 0 Å². The molecule has 1 aromatic rings. The van der Waals surface area contributed by atoms with Gasteiger partial charge < -0.3 is 39.0 Å². The van der Waals surface area contributed by atoms with Gasteiger partial charge in [-0.05, 0) is 57.7 Å². The Morgan fingerprint density at radius 2 is 1.70 bits per heavy atom. The predicted molar refractivity (Wildman–Crippen MR) is 231 cm³/mol. The van der Waals surface area contributed by atoms with Crippen molar-refractivity contribution < 1.29 is 61.8 Å². The minimum absolute atomic E-state index is 0.0485. The number of nitrogens with zero attached hydrogens (tertiary/aromatic N) is 2. The smallest absolute Gasteiger partial charge is 0.442 e. The highest BCUT2D eigenvalue weighted by molar-refractivity contribution is 5.89. The topological polar surface area (TPSA) is 166 Å². The molecule has 3 aliphatic rings. The van der Waals surface area contributed by atoms with Gasteiger partial charge in [-0.25, -0.2) is 9.59 Å². The second-order valence-electron chi connectivity index (χ2n) is 17.5. The number of rotatable bonds is 11. The average molecular weight is 889 g/mol. The number of esters is 2. The summed E-state index contributed by atoms with van der Waals surface area (Å²) in [4.78, 5) is 27.4. The molecule has 15 heteroatoms. The number of aliphatic hydroxyl groups is 3. The first-order valence-corrected chi connectivity index (χ1v) is 21.8. The summed E-state index contributed by atoms with van der Waals surface area (Å²) in [7, 11) is 2.82. The first-order chi connectivity index (χ1) is 29.6. The molecule has 0 bridgehead atoms. The van der Waals surface area contributed by atoms with Crippen LogP contribution in [0.25, 0.3) is 0 Å². The lowest BCUT2D eigenvalue weighted by atomic mass is 9.79. The van der Waals surface area contributed by atoms with Crippen molar-refractivity contribution in [2.75, 3.05) is 14.2 Å². The van der Waals surface area contributed by atoms with Crippen molar-refractivity contribution in [3.8, 4) is 0 Å². The fraction of sp³-hybridized carbons (Fsp3) is 0.625. The van der Waals surface area contributed by atoms with Crippen molar-refractivity contribution in [3.05, 3.63) is 94.8 Å². The summed E-state index contributed by atoms with van der Waals surface area (Å²) >= 11 is 0. The van der Waals surface area contributed by atoms with E-state index in [1.165, 1.54) is 32.4 Å². The molecule has 14 atom stereocenters. The van der Waals surface area contributed by atoms with E-state index in [1.54, 1.807) is 32.9 Å². The number of halogens is 3. The number of cyclic esters (lactones) is 1. The minimum atomic E-state index is -4.71. The van der Waals surface area contributed by atoms with E-state index in [9.17, 15) is 38.1 Å². The van der Waals surface area contributed by atoms with Gasteiger partial charge in [0.1, 0.15) is 18.3 Å². The first-order valence-electron chi connectivity index (χ1n) is 21.8. The summed E-state index contributed by atoms with van der Waals surface area (Å²) < 4.78 is 70.8. The first kappa shape index (κ1) is 51.5. The van der Waals surface area contributed by atoms with E-state index < -0.39 is 84.4 Å². The number of ether oxygens (including phenoxy) is 5. The molecule has 3 aliphatic heterocycles. The lowest BCUT2D eigenvalue weighted by Crippen LogP contribution is -2.51. The SMILES string of the molecule is C/C=C/[C@H]1O[C@@H]([C@@H](C)[C@H](O)[C@H](C)[C@H]2OC(=O)/C(OC)=C/C(C)=C/[C@@H](C)[C@@H](O)[C@@H](CC)[C@@H](O)[C@H](C)C/C(C)=C/C=C/[C@@H]2OC)C[C@@H](OC(=O)c2ccc(C3(C(F)(F)F)N=N3)cc2)[C@@H]1C. The van der Waals surface area contributed by atoms with Gasteiger partial charge >= 0.3 is 23.8 Å². The summed E-state index contributed by atoms with van der Waals surface area (Å²) in [6.07, 6.45) is 2.43. The molecule has 4 rings (SSSR count). The third-order valence-corrected chi connectivity index (χ3v) is 12.9. The molecule has 0 unspecified atom stereocenters. The highest BCUT2D eigenvalue weighted by atomic mass is 19.4. The van der Waals surface area contributed by atoms with E-state index >= 15 is 0 Å². The Morgan fingerprint density at radius 1 is 1.05 bits per heavy atom. The number of aliphatic hydroxyl groups excluding tert-OH is 3. The van der Waals surface area contributed by atoms with Gasteiger partial charge in [0.25, 0.3) is 0 Å². The Labute approximate surface area is 370 Å². The molecule has 0 aliphatic carbocycles. The molecular weight excluding hydrogens is 822 g/mol. The van der Waals surface area contributed by atoms with Crippen molar-refractivity contribution in [1.29, 1.82) is 0 Å². The van der Waals surface area contributed by atoms with Crippen LogP contribution in [-0.2, 0) is 34.1 Å². The molecule has 1 saturated heterocycles. The van der Waals surface area contributed by atoms with Crippen LogP contribution in [0.1, 0.15) is 97.5 Å². The van der Waals surface area contributed by atoms with Crippen LogP contribution in [0.2, 0.25) is 0 Å². The van der Waals surface area contributed by atoms with Crippen molar-refractivity contribution in [1.82, 2.24) is 0 Å². The van der Waals surface area contributed by atoms with E-state index in [4.69, 9.17) is 23.7 Å². The lowest BCUT2D eigenvalue weighted by molar-refractivity contribution is -0.171. The largest absolute Gasteiger partial charge is 0.490 e. The zero-order chi connectivity index (χ0) is 47.0. The Bertz CT molecular complexity index is 1890. The maximum absolute atomic E-state index is 13.9. The molecule has 0 aromatic heterocycles. The highest BCUT2D eigenvalue weighted by Gasteiger charge is 2.65. The number of carbonyl (C=O) groups excluding carboxylic acids is 2. The summed E-state index contributed by atoms with van der Waals surface area (Å²) in [6.45, 7) is 16.7. The predicted octanol–water partition coefficient (Wildman–Crippen LogP) is 8.73. The van der Waals surface area contributed by atoms with Crippen molar-refractivity contribution >= 4 is 11.9 Å². The van der Waals surface area contributed by atoms with E-state index in [0.29, 0.717) is 18.4 Å². The molecule has 0 spiro atoms. The van der Waals surface area contributed by atoms with Crippen LogP contribution in [0, 0.1) is 35.5 Å². The molecular formula is C48H67F3N2O10. The number of allylic oxidation sites excluding steroid dienone is 6. The number of hydrogen-bond donors (Lipinski definition) is 3. The van der Waals surface area contributed by atoms with Crippen LogP contribution in [-0.4, -0.2) is 96.5 Å². The van der Waals surface area contributed by atoms with E-state index in [1.807, 2.05) is 65.8 Å². The van der Waals surface area contributed by atoms with Crippen LogP contribution in [0.4, 0.5) is 13.2 Å². The van der Waals surface area contributed by atoms with Crippen molar-refractivity contribution in [3.63, 3.8) is 0 Å². The molecule has 1 fully saturated rings. The molecule has 0 saturated carbocycles. The van der Waals surface area contributed by atoms with Gasteiger partial charge in [-0.3, -0.25) is 0 Å². The Hall–Kier alpha value is -4.15. The Morgan fingerprint density at radius 3 is 2.25 bits per heavy atom. The van der Waals surface area contributed by atoms with Gasteiger partial charge in [-0.2, -0.15) is 13.2 Å². The zero-order valence-electron chi connectivity index (χ0n) is 38.3. The summed E-state index contributed by atoms with van der Waals surface area (Å²) in [5.74, 6) is -4.28. The number of alkyl halides is 3. The fourth-order valence-electron chi connectivity index (χ4n) is 8.79. The molecule has 3 heterocycles. The van der Waals surface area contributed by atoms with E-state index in [2.05, 4.69) is 10.2 Å². The normalized spacial score (nSPS) is 35.5. The second-order valence-corrected chi connectivity index (χ2v) is 17.5. The second kappa shape index (κ2) is 22.2. The fourth-order valence-corrected chi connectivity index (χ4v) is 8.79. The van der Waals surface area contributed by atoms with Gasteiger partial charge in [0.05, 0.1) is 43.2 Å².